The largest absolute Gasteiger partial charge is 0.444 e. The molecule has 1 aromatic heterocycles. The van der Waals surface area contributed by atoms with E-state index in [2.05, 4.69) is 22.1 Å². The highest BCUT2D eigenvalue weighted by Gasteiger charge is 2.18. The lowest BCUT2D eigenvalue weighted by atomic mass is 9.97. The Bertz CT molecular complexity index is 363. The Labute approximate surface area is 116 Å². The first kappa shape index (κ1) is 14.5. The van der Waals surface area contributed by atoms with E-state index < -0.39 is 0 Å². The fourth-order valence-electron chi connectivity index (χ4n) is 2.78. The summed E-state index contributed by atoms with van der Waals surface area (Å²) < 4.78 is 5.72. The smallest absolute Gasteiger partial charge is 0.208 e. The van der Waals surface area contributed by atoms with Crippen molar-refractivity contribution in [2.24, 2.45) is 5.92 Å². The van der Waals surface area contributed by atoms with Crippen LogP contribution in [-0.4, -0.2) is 36.1 Å². The standard InChI is InChI=1S/C15H27N3O/c1-4-9-18(10-14-5-7-16-8-6-14)11-15-17-12(2)13(3)19-15/h14,16H,4-11H2,1-3H3. The molecule has 0 unspecified atom stereocenters. The first-order chi connectivity index (χ1) is 9.19. The molecule has 0 radical (unpaired) electrons. The number of hydrogen-bond acceptors (Lipinski definition) is 4. The summed E-state index contributed by atoms with van der Waals surface area (Å²) in [6.45, 7) is 11.7. The predicted molar refractivity (Wildman–Crippen MR) is 77.1 cm³/mol. The molecule has 0 amide bonds. The molecule has 0 spiro atoms. The van der Waals surface area contributed by atoms with Gasteiger partial charge in [0.15, 0.2) is 0 Å². The van der Waals surface area contributed by atoms with Crippen LogP contribution >= 0.6 is 0 Å². The molecule has 0 bridgehead atoms. The monoisotopic (exact) mass is 265 g/mol. The highest BCUT2D eigenvalue weighted by atomic mass is 16.4. The molecule has 108 valence electrons. The van der Waals surface area contributed by atoms with Crippen LogP contribution in [0.4, 0.5) is 0 Å². The molecular weight excluding hydrogens is 238 g/mol. The Morgan fingerprint density at radius 1 is 1.32 bits per heavy atom. The number of hydrogen-bond donors (Lipinski definition) is 1. The second kappa shape index (κ2) is 7.06. The maximum absolute atomic E-state index is 5.72. The Kier molecular flexibility index (Phi) is 5.40. The van der Waals surface area contributed by atoms with Crippen molar-refractivity contribution in [2.75, 3.05) is 26.2 Å². The van der Waals surface area contributed by atoms with Crippen molar-refractivity contribution in [3.63, 3.8) is 0 Å². The van der Waals surface area contributed by atoms with Crippen molar-refractivity contribution in [3.05, 3.63) is 17.3 Å². The van der Waals surface area contributed by atoms with Crippen LogP contribution in [0.15, 0.2) is 4.42 Å². The zero-order valence-corrected chi connectivity index (χ0v) is 12.5. The van der Waals surface area contributed by atoms with Crippen LogP contribution in [0.1, 0.15) is 43.5 Å². The van der Waals surface area contributed by atoms with Crippen LogP contribution in [-0.2, 0) is 6.54 Å². The molecule has 19 heavy (non-hydrogen) atoms. The Balaban J connectivity index is 1.91. The second-order valence-electron chi connectivity index (χ2n) is 5.68. The summed E-state index contributed by atoms with van der Waals surface area (Å²) >= 11 is 0. The maximum atomic E-state index is 5.72. The van der Waals surface area contributed by atoms with Crippen molar-refractivity contribution in [2.45, 2.75) is 46.6 Å². The van der Waals surface area contributed by atoms with Gasteiger partial charge in [0.2, 0.25) is 5.89 Å². The SMILES string of the molecule is CCCN(Cc1nc(C)c(C)o1)CC1CCNCC1. The molecule has 0 aromatic carbocycles. The molecule has 1 aliphatic rings. The number of oxazole rings is 1. The van der Waals surface area contributed by atoms with E-state index in [0.717, 1.165) is 36.4 Å². The molecule has 0 aliphatic carbocycles. The van der Waals surface area contributed by atoms with E-state index >= 15 is 0 Å². The Hall–Kier alpha value is -0.870. The molecule has 0 atom stereocenters. The van der Waals surface area contributed by atoms with Crippen molar-refractivity contribution in [3.8, 4) is 0 Å². The van der Waals surface area contributed by atoms with Crippen LogP contribution in [0.5, 0.6) is 0 Å². The Morgan fingerprint density at radius 2 is 2.05 bits per heavy atom. The highest BCUT2D eigenvalue weighted by Crippen LogP contribution is 2.16. The van der Waals surface area contributed by atoms with Crippen LogP contribution in [0.2, 0.25) is 0 Å². The summed E-state index contributed by atoms with van der Waals surface area (Å²) in [5.74, 6) is 2.65. The number of aromatic nitrogens is 1. The van der Waals surface area contributed by atoms with E-state index in [1.54, 1.807) is 0 Å². The normalized spacial score (nSPS) is 17.3. The first-order valence-electron chi connectivity index (χ1n) is 7.55. The van der Waals surface area contributed by atoms with E-state index in [-0.39, 0.29) is 0 Å². The number of nitrogens with one attached hydrogen (secondary N) is 1. The second-order valence-corrected chi connectivity index (χ2v) is 5.68. The van der Waals surface area contributed by atoms with E-state index in [0.29, 0.717) is 0 Å². The molecule has 1 aliphatic heterocycles. The summed E-state index contributed by atoms with van der Waals surface area (Å²) in [5.41, 5.74) is 1.02. The molecule has 1 N–H and O–H groups in total. The lowest BCUT2D eigenvalue weighted by molar-refractivity contribution is 0.183. The summed E-state index contributed by atoms with van der Waals surface area (Å²) in [4.78, 5) is 7.01. The third-order valence-electron chi connectivity index (χ3n) is 3.95. The fraction of sp³-hybridized carbons (Fsp3) is 0.800. The third-order valence-corrected chi connectivity index (χ3v) is 3.95. The zero-order chi connectivity index (χ0) is 13.7. The molecular formula is C15H27N3O. The summed E-state index contributed by atoms with van der Waals surface area (Å²) in [7, 11) is 0. The minimum absolute atomic E-state index is 0.824. The van der Waals surface area contributed by atoms with Crippen LogP contribution in [0, 0.1) is 19.8 Å². The summed E-state index contributed by atoms with van der Waals surface area (Å²) in [6.07, 6.45) is 3.78. The number of nitrogens with zero attached hydrogens (tertiary/aromatic N) is 2. The van der Waals surface area contributed by atoms with Crippen molar-refractivity contribution in [1.82, 2.24) is 15.2 Å². The molecule has 4 nitrogen and oxygen atoms in total. The van der Waals surface area contributed by atoms with Gasteiger partial charge >= 0.3 is 0 Å². The molecule has 2 rings (SSSR count). The van der Waals surface area contributed by atoms with Crippen LogP contribution < -0.4 is 5.32 Å². The fourth-order valence-corrected chi connectivity index (χ4v) is 2.78. The molecule has 1 saturated heterocycles. The van der Waals surface area contributed by atoms with E-state index in [1.807, 2.05) is 13.8 Å². The van der Waals surface area contributed by atoms with Gasteiger partial charge in [-0.3, -0.25) is 4.90 Å². The number of aryl methyl sites for hydroxylation is 2. The van der Waals surface area contributed by atoms with Crippen LogP contribution in [0.25, 0.3) is 0 Å². The van der Waals surface area contributed by atoms with Crippen molar-refractivity contribution in [1.29, 1.82) is 0 Å². The zero-order valence-electron chi connectivity index (χ0n) is 12.5. The Morgan fingerprint density at radius 3 is 2.63 bits per heavy atom. The number of piperidine rings is 1. The predicted octanol–water partition coefficient (Wildman–Crippen LogP) is 2.50. The van der Waals surface area contributed by atoms with Gasteiger partial charge in [-0.15, -0.1) is 0 Å². The van der Waals surface area contributed by atoms with Gasteiger partial charge in [0, 0.05) is 6.54 Å². The maximum Gasteiger partial charge on any atom is 0.208 e. The minimum Gasteiger partial charge on any atom is -0.444 e. The highest BCUT2D eigenvalue weighted by molar-refractivity contribution is 5.05. The van der Waals surface area contributed by atoms with Crippen LogP contribution in [0.3, 0.4) is 0 Å². The minimum atomic E-state index is 0.824. The molecule has 1 aromatic rings. The lowest BCUT2D eigenvalue weighted by Crippen LogP contribution is -2.36. The summed E-state index contributed by atoms with van der Waals surface area (Å²) in [5, 5.41) is 3.43. The van der Waals surface area contributed by atoms with Gasteiger partial charge in [-0.1, -0.05) is 6.92 Å². The van der Waals surface area contributed by atoms with Gasteiger partial charge in [-0.25, -0.2) is 4.98 Å². The number of rotatable bonds is 6. The lowest BCUT2D eigenvalue weighted by Gasteiger charge is -2.29. The third kappa shape index (κ3) is 4.32. The van der Waals surface area contributed by atoms with Crippen molar-refractivity contribution < 1.29 is 4.42 Å². The van der Waals surface area contributed by atoms with Gasteiger partial charge in [-0.2, -0.15) is 0 Å². The summed E-state index contributed by atoms with van der Waals surface area (Å²) in [6, 6.07) is 0. The van der Waals surface area contributed by atoms with Gasteiger partial charge < -0.3 is 9.73 Å². The van der Waals surface area contributed by atoms with E-state index in [9.17, 15) is 0 Å². The quantitative estimate of drug-likeness (QED) is 0.858. The van der Waals surface area contributed by atoms with Gasteiger partial charge in [0.05, 0.1) is 12.2 Å². The van der Waals surface area contributed by atoms with E-state index in [1.165, 1.54) is 38.9 Å². The van der Waals surface area contributed by atoms with Gasteiger partial charge in [0.1, 0.15) is 5.76 Å². The molecule has 1 fully saturated rings. The van der Waals surface area contributed by atoms with Gasteiger partial charge in [0.25, 0.3) is 0 Å². The molecule has 2 heterocycles. The van der Waals surface area contributed by atoms with Gasteiger partial charge in [-0.05, 0) is 58.7 Å². The first-order valence-corrected chi connectivity index (χ1v) is 7.55. The molecule has 0 saturated carbocycles. The molecule has 4 heteroatoms. The average molecular weight is 265 g/mol. The topological polar surface area (TPSA) is 41.3 Å². The van der Waals surface area contributed by atoms with Crippen molar-refractivity contribution >= 4 is 0 Å². The van der Waals surface area contributed by atoms with E-state index in [4.69, 9.17) is 4.42 Å². The average Bonchev–Trinajstić information content (AvgIpc) is 2.70.